The van der Waals surface area contributed by atoms with Gasteiger partial charge in [0.2, 0.25) is 5.89 Å². The van der Waals surface area contributed by atoms with E-state index in [0.717, 1.165) is 27.7 Å². The molecule has 0 saturated carbocycles. The first-order valence-corrected chi connectivity index (χ1v) is 8.68. The third-order valence-corrected chi connectivity index (χ3v) is 4.60. The predicted octanol–water partition coefficient (Wildman–Crippen LogP) is 4.91. The van der Waals surface area contributed by atoms with E-state index < -0.39 is 0 Å². The van der Waals surface area contributed by atoms with E-state index in [0.29, 0.717) is 11.9 Å². The highest BCUT2D eigenvalue weighted by Crippen LogP contribution is 2.34. The molecule has 4 aromatic rings. The molecule has 0 unspecified atom stereocenters. The molecule has 0 aliphatic carbocycles. The smallest absolute Gasteiger partial charge is 0.315 e. The third-order valence-electron chi connectivity index (χ3n) is 3.86. The van der Waals surface area contributed by atoms with Crippen LogP contribution in [0.1, 0.15) is 0 Å². The van der Waals surface area contributed by atoms with Crippen LogP contribution in [-0.4, -0.2) is 23.5 Å². The molecular weight excluding hydrogens is 322 g/mol. The second-order valence-corrected chi connectivity index (χ2v) is 6.13. The lowest BCUT2D eigenvalue weighted by Crippen LogP contribution is -1.85. The molecule has 0 aliphatic heterocycles. The zero-order valence-electron chi connectivity index (χ0n) is 13.2. The van der Waals surface area contributed by atoms with Crippen LogP contribution in [0, 0.1) is 0 Å². The Labute approximate surface area is 143 Å². The van der Waals surface area contributed by atoms with Gasteiger partial charge in [-0.1, -0.05) is 17.2 Å². The van der Waals surface area contributed by atoms with Gasteiger partial charge in [0.1, 0.15) is 5.58 Å². The maximum atomic E-state index is 5.69. The summed E-state index contributed by atoms with van der Waals surface area (Å²) in [5, 5.41) is 11.8. The lowest BCUT2D eigenvalue weighted by molar-refractivity contribution is 0.585. The van der Waals surface area contributed by atoms with Gasteiger partial charge in [0, 0.05) is 28.5 Å². The molecule has 0 radical (unpaired) electrons. The summed E-state index contributed by atoms with van der Waals surface area (Å²) in [6.45, 7) is 0. The second-order valence-electron chi connectivity index (χ2n) is 5.25. The van der Waals surface area contributed by atoms with Crippen molar-refractivity contribution in [1.29, 1.82) is 0 Å². The number of furan rings is 1. The molecule has 2 aromatic carbocycles. The van der Waals surface area contributed by atoms with Gasteiger partial charge in [-0.15, -0.1) is 16.9 Å². The molecule has 0 atom stereocenters. The highest BCUT2D eigenvalue weighted by atomic mass is 32.2. The molecule has 2 heterocycles. The Kier molecular flexibility index (Phi) is 3.74. The zero-order chi connectivity index (χ0) is 16.5. The molecule has 5 nitrogen and oxygen atoms in total. The molecule has 0 saturated heterocycles. The summed E-state index contributed by atoms with van der Waals surface area (Å²) in [7, 11) is 1.74. The number of anilines is 1. The fourth-order valence-electron chi connectivity index (χ4n) is 2.60. The topological polar surface area (TPSA) is 64.1 Å². The van der Waals surface area contributed by atoms with Gasteiger partial charge in [-0.25, -0.2) is 0 Å². The molecule has 24 heavy (non-hydrogen) atoms. The summed E-state index contributed by atoms with van der Waals surface area (Å²) in [5.41, 5.74) is 3.86. The summed E-state index contributed by atoms with van der Waals surface area (Å²) in [5.74, 6) is 0.478. The first-order valence-electron chi connectivity index (χ1n) is 7.46. The van der Waals surface area contributed by atoms with Crippen LogP contribution in [0.5, 0.6) is 0 Å². The van der Waals surface area contributed by atoms with Crippen molar-refractivity contribution in [3.63, 3.8) is 0 Å². The number of rotatable bonds is 4. The van der Waals surface area contributed by atoms with E-state index in [9.17, 15) is 0 Å². The molecule has 4 rings (SSSR count). The van der Waals surface area contributed by atoms with E-state index in [4.69, 9.17) is 8.83 Å². The molecule has 120 valence electrons. The fourth-order valence-corrected chi connectivity index (χ4v) is 3.01. The number of nitrogens with one attached hydrogen (secondary N) is 1. The summed E-state index contributed by atoms with van der Waals surface area (Å²) in [4.78, 5) is 1.23. The Morgan fingerprint density at radius 1 is 1.00 bits per heavy atom. The van der Waals surface area contributed by atoms with Gasteiger partial charge >= 0.3 is 6.01 Å². The van der Waals surface area contributed by atoms with Crippen molar-refractivity contribution in [1.82, 2.24) is 10.2 Å². The van der Waals surface area contributed by atoms with Gasteiger partial charge in [0.25, 0.3) is 0 Å². The van der Waals surface area contributed by atoms with E-state index in [1.807, 2.05) is 18.2 Å². The van der Waals surface area contributed by atoms with E-state index >= 15 is 0 Å². The zero-order valence-corrected chi connectivity index (χ0v) is 14.1. The Bertz CT molecular complexity index is 989. The lowest BCUT2D eigenvalue weighted by Gasteiger charge is -2.01. The first-order chi connectivity index (χ1) is 11.8. The van der Waals surface area contributed by atoms with Crippen molar-refractivity contribution in [3.8, 4) is 22.6 Å². The monoisotopic (exact) mass is 337 g/mol. The van der Waals surface area contributed by atoms with Gasteiger partial charge in [-0.3, -0.25) is 0 Å². The number of benzene rings is 2. The number of nitrogens with zero attached hydrogens (tertiary/aromatic N) is 2. The lowest BCUT2D eigenvalue weighted by atomic mass is 10.0. The van der Waals surface area contributed by atoms with Crippen LogP contribution in [0.15, 0.2) is 62.5 Å². The fraction of sp³-hybridized carbons (Fsp3) is 0.111. The number of aromatic nitrogens is 2. The maximum absolute atomic E-state index is 5.69. The Balaban J connectivity index is 1.80. The van der Waals surface area contributed by atoms with Crippen molar-refractivity contribution >= 4 is 28.7 Å². The normalized spacial score (nSPS) is 11.1. The molecule has 0 amide bonds. The van der Waals surface area contributed by atoms with Crippen LogP contribution in [0.3, 0.4) is 0 Å². The summed E-state index contributed by atoms with van der Waals surface area (Å²) in [6, 6.07) is 14.7. The van der Waals surface area contributed by atoms with E-state index in [1.165, 1.54) is 4.90 Å². The minimum absolute atomic E-state index is 0.394. The third kappa shape index (κ3) is 2.55. The van der Waals surface area contributed by atoms with Gasteiger partial charge < -0.3 is 14.2 Å². The Hall–Kier alpha value is -2.73. The molecule has 0 fully saturated rings. The van der Waals surface area contributed by atoms with Crippen LogP contribution in [0.25, 0.3) is 33.6 Å². The summed E-state index contributed by atoms with van der Waals surface area (Å²) >= 11 is 1.73. The van der Waals surface area contributed by atoms with E-state index in [2.05, 4.69) is 46.0 Å². The highest BCUT2D eigenvalue weighted by molar-refractivity contribution is 7.98. The van der Waals surface area contributed by atoms with E-state index in [1.54, 1.807) is 25.1 Å². The van der Waals surface area contributed by atoms with Crippen molar-refractivity contribution < 1.29 is 8.83 Å². The number of fused-ring (bicyclic) bond motifs is 1. The largest absolute Gasteiger partial charge is 0.464 e. The minimum Gasteiger partial charge on any atom is -0.464 e. The minimum atomic E-state index is 0.394. The molecule has 0 aliphatic rings. The quantitative estimate of drug-likeness (QED) is 0.534. The van der Waals surface area contributed by atoms with Gasteiger partial charge in [-0.2, -0.15) is 0 Å². The van der Waals surface area contributed by atoms with Crippen LogP contribution in [0.2, 0.25) is 0 Å². The number of thioether (sulfide) groups is 1. The molecule has 1 N–H and O–H groups in total. The average molecular weight is 337 g/mol. The SMILES string of the molecule is CNc1nnc(-c2ccc3occ(-c4ccc(SC)cc4)c3c2)o1. The first kappa shape index (κ1) is 14.8. The van der Waals surface area contributed by atoms with Crippen molar-refractivity contribution in [2.45, 2.75) is 4.90 Å². The molecule has 0 bridgehead atoms. The Morgan fingerprint density at radius 2 is 1.79 bits per heavy atom. The van der Waals surface area contributed by atoms with Crippen LogP contribution in [-0.2, 0) is 0 Å². The van der Waals surface area contributed by atoms with E-state index in [-0.39, 0.29) is 0 Å². The molecule has 0 spiro atoms. The van der Waals surface area contributed by atoms with Gasteiger partial charge in [0.15, 0.2) is 0 Å². The van der Waals surface area contributed by atoms with Crippen molar-refractivity contribution in [2.75, 3.05) is 18.6 Å². The summed E-state index contributed by atoms with van der Waals surface area (Å²) in [6.07, 6.45) is 3.85. The maximum Gasteiger partial charge on any atom is 0.315 e. The van der Waals surface area contributed by atoms with Crippen LogP contribution >= 0.6 is 11.8 Å². The molecule has 2 aromatic heterocycles. The molecule has 6 heteroatoms. The summed E-state index contributed by atoms with van der Waals surface area (Å²) < 4.78 is 11.2. The Morgan fingerprint density at radius 3 is 2.50 bits per heavy atom. The average Bonchev–Trinajstić information content (AvgIpc) is 3.28. The number of hydrogen-bond acceptors (Lipinski definition) is 6. The van der Waals surface area contributed by atoms with Crippen molar-refractivity contribution in [3.05, 3.63) is 48.7 Å². The van der Waals surface area contributed by atoms with Crippen LogP contribution < -0.4 is 5.32 Å². The highest BCUT2D eigenvalue weighted by Gasteiger charge is 2.13. The van der Waals surface area contributed by atoms with Gasteiger partial charge in [-0.05, 0) is 42.2 Å². The van der Waals surface area contributed by atoms with Crippen molar-refractivity contribution in [2.24, 2.45) is 0 Å². The predicted molar refractivity (Wildman–Crippen MR) is 96.3 cm³/mol. The molecular formula is C18H15N3O2S. The van der Waals surface area contributed by atoms with Crippen LogP contribution in [0.4, 0.5) is 6.01 Å². The number of hydrogen-bond donors (Lipinski definition) is 1. The standard InChI is InChI=1S/C18H15N3O2S/c1-19-18-21-20-17(23-18)12-5-8-16-14(9-12)15(10-22-16)11-3-6-13(24-2)7-4-11/h3-10H,1-2H3,(H,19,21). The van der Waals surface area contributed by atoms with Gasteiger partial charge in [0.05, 0.1) is 6.26 Å². The second kappa shape index (κ2) is 6.05.